The molecule has 60 heavy (non-hydrogen) atoms. The van der Waals surface area contributed by atoms with Crippen LogP contribution < -0.4 is 14.2 Å². The average molecular weight is 829 g/mol. The largest absolute Gasteiger partial charge is 0.497 e. The van der Waals surface area contributed by atoms with Crippen molar-refractivity contribution in [1.82, 2.24) is 0 Å². The first-order valence-electron chi connectivity index (χ1n) is 21.5. The molecule has 1 atom stereocenters. The Labute approximate surface area is 360 Å². The number of carbonyl (C=O) groups is 3. The molecule has 330 valence electrons. The molecule has 0 aliphatic heterocycles. The summed E-state index contributed by atoms with van der Waals surface area (Å²) in [5.41, 5.74) is 3.28. The van der Waals surface area contributed by atoms with Crippen molar-refractivity contribution in [1.29, 1.82) is 0 Å². The second-order valence-corrected chi connectivity index (χ2v) is 14.9. The van der Waals surface area contributed by atoms with E-state index in [-0.39, 0.29) is 11.9 Å². The van der Waals surface area contributed by atoms with Crippen LogP contribution in [-0.2, 0) is 23.9 Å². The molecule has 0 heterocycles. The highest BCUT2D eigenvalue weighted by Gasteiger charge is 2.14. The van der Waals surface area contributed by atoms with Gasteiger partial charge in [0.15, 0.2) is 0 Å². The fourth-order valence-corrected chi connectivity index (χ4v) is 5.67. The van der Waals surface area contributed by atoms with E-state index in [1.165, 1.54) is 37.8 Å². The van der Waals surface area contributed by atoms with Gasteiger partial charge in [-0.05, 0) is 102 Å². The zero-order chi connectivity index (χ0) is 44.4. The highest BCUT2D eigenvalue weighted by Crippen LogP contribution is 2.24. The monoisotopic (exact) mass is 829 g/mol. The van der Waals surface area contributed by atoms with Gasteiger partial charge in [-0.25, -0.2) is 14.4 Å². The highest BCUT2D eigenvalue weighted by molar-refractivity contribution is 5.92. The standard InChI is InChI=1S/2C18H26O3.C15H20O3/c1-4-6-7-14(5-2)12-16(18(19)20)13-15-8-10-17(21-3)11-9-15;1-3-4-5-6-7-8-15-21-18(19)14-11-16-9-12-17(20-2)13-10-16;1-12(2)10-11-18-15(16)9-6-13-4-7-14(17-3)8-5-13/h8-11,13-14H,4-7,12H2,1-3H3,(H,19,20);9-14H,3-8,15H2,1-2H3;4-9,12H,10-11H2,1-3H3. The van der Waals surface area contributed by atoms with Crippen molar-refractivity contribution in [2.45, 2.75) is 112 Å². The van der Waals surface area contributed by atoms with Crippen molar-refractivity contribution in [3.05, 3.63) is 107 Å². The Kier molecular flexibility index (Phi) is 29.4. The molecular weight excluding hydrogens is 757 g/mol. The Morgan fingerprint density at radius 2 is 1.00 bits per heavy atom. The van der Waals surface area contributed by atoms with Gasteiger partial charge < -0.3 is 28.8 Å². The molecule has 0 aliphatic carbocycles. The minimum atomic E-state index is -0.819. The van der Waals surface area contributed by atoms with E-state index >= 15 is 0 Å². The Balaban J connectivity index is 0.000000452. The van der Waals surface area contributed by atoms with Gasteiger partial charge in [0, 0.05) is 17.7 Å². The molecule has 0 fully saturated rings. The van der Waals surface area contributed by atoms with Gasteiger partial charge in [0.05, 0.1) is 34.5 Å². The summed E-state index contributed by atoms with van der Waals surface area (Å²) >= 11 is 0. The molecule has 0 amide bonds. The smallest absolute Gasteiger partial charge is 0.331 e. The fraction of sp³-hybridized carbons (Fsp3) is 0.471. The van der Waals surface area contributed by atoms with Gasteiger partial charge in [-0.15, -0.1) is 0 Å². The predicted molar refractivity (Wildman–Crippen MR) is 245 cm³/mol. The second-order valence-electron chi connectivity index (χ2n) is 14.9. The maximum Gasteiger partial charge on any atom is 0.331 e. The fourth-order valence-electron chi connectivity index (χ4n) is 5.67. The molecule has 9 nitrogen and oxygen atoms in total. The number of benzene rings is 3. The van der Waals surface area contributed by atoms with E-state index in [0.717, 1.165) is 78.9 Å². The van der Waals surface area contributed by atoms with Gasteiger partial charge in [-0.1, -0.05) is 129 Å². The van der Waals surface area contributed by atoms with E-state index in [4.69, 9.17) is 23.7 Å². The number of ether oxygens (including phenoxy) is 5. The number of aliphatic carboxylic acids is 1. The number of hydrogen-bond donors (Lipinski definition) is 1. The van der Waals surface area contributed by atoms with Gasteiger partial charge in [0.1, 0.15) is 17.2 Å². The zero-order valence-corrected chi connectivity index (χ0v) is 37.6. The van der Waals surface area contributed by atoms with E-state index < -0.39 is 5.97 Å². The van der Waals surface area contributed by atoms with E-state index in [0.29, 0.717) is 37.0 Å². The number of carboxylic acid groups (broad SMARTS) is 1. The second kappa shape index (κ2) is 33.5. The molecule has 0 bridgehead atoms. The number of carbonyl (C=O) groups excluding carboxylic acids is 2. The van der Waals surface area contributed by atoms with Crippen LogP contribution in [0, 0.1) is 11.8 Å². The summed E-state index contributed by atoms with van der Waals surface area (Å²) in [6.45, 7) is 11.7. The van der Waals surface area contributed by atoms with Crippen LogP contribution in [0.1, 0.15) is 128 Å². The summed E-state index contributed by atoms with van der Waals surface area (Å²) in [7, 11) is 4.87. The minimum absolute atomic E-state index is 0.278. The van der Waals surface area contributed by atoms with Crippen molar-refractivity contribution in [3.63, 3.8) is 0 Å². The lowest BCUT2D eigenvalue weighted by Gasteiger charge is -2.14. The van der Waals surface area contributed by atoms with E-state index in [1.54, 1.807) is 39.6 Å². The van der Waals surface area contributed by atoms with E-state index in [9.17, 15) is 19.5 Å². The molecule has 3 rings (SSSR count). The van der Waals surface area contributed by atoms with Crippen molar-refractivity contribution < 1.29 is 43.2 Å². The molecule has 0 aliphatic rings. The number of esters is 2. The molecule has 3 aromatic rings. The Bertz CT molecular complexity index is 1670. The molecule has 0 saturated heterocycles. The topological polar surface area (TPSA) is 118 Å². The minimum Gasteiger partial charge on any atom is -0.497 e. The van der Waals surface area contributed by atoms with Crippen LogP contribution in [0.3, 0.4) is 0 Å². The zero-order valence-electron chi connectivity index (χ0n) is 37.6. The van der Waals surface area contributed by atoms with Crippen LogP contribution in [0.25, 0.3) is 18.2 Å². The van der Waals surface area contributed by atoms with Gasteiger partial charge in [0.2, 0.25) is 0 Å². The van der Waals surface area contributed by atoms with Crippen LogP contribution in [0.2, 0.25) is 0 Å². The third kappa shape index (κ3) is 25.9. The molecule has 1 unspecified atom stereocenters. The molecular formula is C51H72O9. The van der Waals surface area contributed by atoms with Gasteiger partial charge in [-0.2, -0.15) is 0 Å². The van der Waals surface area contributed by atoms with Crippen molar-refractivity contribution in [2.24, 2.45) is 11.8 Å². The first kappa shape index (κ1) is 52.7. The predicted octanol–water partition coefficient (Wildman–Crippen LogP) is 12.7. The number of carboxylic acids is 1. The SMILES string of the molecule is CCCCC(CC)CC(=Cc1ccc(OC)cc1)C(=O)O.CCCCCCCCOC(=O)C=Cc1ccc(OC)cc1.COc1ccc(C=CC(=O)OCCC(C)C)cc1. The molecule has 0 radical (unpaired) electrons. The highest BCUT2D eigenvalue weighted by atomic mass is 16.5. The maximum absolute atomic E-state index is 11.5. The summed E-state index contributed by atoms with van der Waals surface area (Å²) in [4.78, 5) is 34.4. The number of methoxy groups -OCH3 is 3. The molecule has 0 spiro atoms. The van der Waals surface area contributed by atoms with E-state index in [2.05, 4.69) is 34.6 Å². The Morgan fingerprint density at radius 1 is 0.567 bits per heavy atom. The molecule has 3 aromatic carbocycles. The van der Waals surface area contributed by atoms with Gasteiger partial charge >= 0.3 is 17.9 Å². The van der Waals surface area contributed by atoms with Crippen molar-refractivity contribution in [2.75, 3.05) is 34.5 Å². The summed E-state index contributed by atoms with van der Waals surface area (Å²) in [6.07, 6.45) is 21.3. The molecule has 0 saturated carbocycles. The molecule has 0 aromatic heterocycles. The van der Waals surface area contributed by atoms with Crippen LogP contribution in [0.15, 0.2) is 90.5 Å². The first-order chi connectivity index (χ1) is 29.0. The van der Waals surface area contributed by atoms with Crippen molar-refractivity contribution in [3.8, 4) is 17.2 Å². The summed E-state index contributed by atoms with van der Waals surface area (Å²) in [5, 5.41) is 9.41. The van der Waals surface area contributed by atoms with Crippen LogP contribution in [0.4, 0.5) is 0 Å². The van der Waals surface area contributed by atoms with Gasteiger partial charge in [-0.3, -0.25) is 0 Å². The Hall–Kier alpha value is -5.31. The lowest BCUT2D eigenvalue weighted by Crippen LogP contribution is -2.08. The number of hydrogen-bond acceptors (Lipinski definition) is 8. The van der Waals surface area contributed by atoms with E-state index in [1.807, 2.05) is 72.8 Å². The quantitative estimate of drug-likeness (QED) is 0.0506. The summed E-state index contributed by atoms with van der Waals surface area (Å²) in [6, 6.07) is 22.5. The number of unbranched alkanes of at least 4 members (excludes halogenated alkanes) is 6. The van der Waals surface area contributed by atoms with Crippen LogP contribution in [0.5, 0.6) is 17.2 Å². The molecule has 1 N–H and O–H groups in total. The normalized spacial score (nSPS) is 11.6. The maximum atomic E-state index is 11.5. The average Bonchev–Trinajstić information content (AvgIpc) is 3.26. The lowest BCUT2D eigenvalue weighted by molar-refractivity contribution is -0.138. The first-order valence-corrected chi connectivity index (χ1v) is 21.5. The van der Waals surface area contributed by atoms with Gasteiger partial charge in [0.25, 0.3) is 0 Å². The third-order valence-corrected chi connectivity index (χ3v) is 9.52. The number of rotatable bonds is 25. The van der Waals surface area contributed by atoms with Crippen LogP contribution in [-0.4, -0.2) is 57.6 Å². The molecule has 9 heteroatoms. The lowest BCUT2D eigenvalue weighted by atomic mass is 9.91. The summed E-state index contributed by atoms with van der Waals surface area (Å²) in [5.74, 6) is 1.98. The Morgan fingerprint density at radius 3 is 1.42 bits per heavy atom. The van der Waals surface area contributed by atoms with Crippen molar-refractivity contribution >= 4 is 36.1 Å². The van der Waals surface area contributed by atoms with Crippen LogP contribution >= 0.6 is 0 Å². The third-order valence-electron chi connectivity index (χ3n) is 9.52. The summed E-state index contributed by atoms with van der Waals surface area (Å²) < 4.78 is 25.5.